The Bertz CT molecular complexity index is 584. The van der Waals surface area contributed by atoms with Gasteiger partial charge >= 0.3 is 0 Å². The van der Waals surface area contributed by atoms with Crippen molar-refractivity contribution in [2.24, 2.45) is 0 Å². The van der Waals surface area contributed by atoms with Crippen molar-refractivity contribution >= 4 is 23.2 Å². The molecule has 92 valence electrons. The number of nitrogens with one attached hydrogen (secondary N) is 1. The van der Waals surface area contributed by atoms with Crippen LogP contribution in [0.3, 0.4) is 0 Å². The normalized spacial score (nSPS) is 10.2. The van der Waals surface area contributed by atoms with Gasteiger partial charge in [-0.3, -0.25) is 4.79 Å². The summed E-state index contributed by atoms with van der Waals surface area (Å²) < 4.78 is 25.8. The molecule has 0 unspecified atom stereocenters. The van der Waals surface area contributed by atoms with Gasteiger partial charge in [-0.1, -0.05) is 11.6 Å². The van der Waals surface area contributed by atoms with Gasteiger partial charge in [0.25, 0.3) is 5.91 Å². The van der Waals surface area contributed by atoms with Crippen molar-refractivity contribution in [3.05, 3.63) is 64.7 Å². The van der Waals surface area contributed by atoms with Gasteiger partial charge in [-0.2, -0.15) is 0 Å². The molecule has 0 radical (unpaired) electrons. The van der Waals surface area contributed by atoms with Crippen molar-refractivity contribution in [1.29, 1.82) is 0 Å². The molecule has 0 heterocycles. The molecule has 0 bridgehead atoms. The molecule has 2 nitrogen and oxygen atoms in total. The predicted molar refractivity (Wildman–Crippen MR) is 65.8 cm³/mol. The second-order valence-corrected chi connectivity index (χ2v) is 4.00. The van der Waals surface area contributed by atoms with E-state index in [9.17, 15) is 13.6 Å². The van der Waals surface area contributed by atoms with Crippen LogP contribution in [0.25, 0.3) is 0 Å². The number of benzene rings is 2. The lowest BCUT2D eigenvalue weighted by molar-refractivity contribution is 0.102. The van der Waals surface area contributed by atoms with E-state index in [2.05, 4.69) is 5.32 Å². The van der Waals surface area contributed by atoms with Gasteiger partial charge in [0.2, 0.25) is 0 Å². The third-order valence-corrected chi connectivity index (χ3v) is 2.59. The monoisotopic (exact) mass is 267 g/mol. The van der Waals surface area contributed by atoms with Crippen LogP contribution in [0.2, 0.25) is 5.02 Å². The number of carbonyl (C=O) groups excluding carboxylic acids is 1. The summed E-state index contributed by atoms with van der Waals surface area (Å²) in [7, 11) is 0. The van der Waals surface area contributed by atoms with Gasteiger partial charge in [-0.05, 0) is 42.5 Å². The lowest BCUT2D eigenvalue weighted by Gasteiger charge is -2.05. The minimum Gasteiger partial charge on any atom is -0.322 e. The van der Waals surface area contributed by atoms with Crippen LogP contribution in [0.1, 0.15) is 10.4 Å². The van der Waals surface area contributed by atoms with Gasteiger partial charge in [0.15, 0.2) is 0 Å². The molecule has 2 aromatic rings. The first-order valence-corrected chi connectivity index (χ1v) is 5.46. The fourth-order valence-corrected chi connectivity index (χ4v) is 1.50. The van der Waals surface area contributed by atoms with E-state index >= 15 is 0 Å². The number of amides is 1. The van der Waals surface area contributed by atoms with E-state index in [-0.39, 0.29) is 16.3 Å². The van der Waals surface area contributed by atoms with Crippen LogP contribution in [0, 0.1) is 11.6 Å². The molecule has 0 saturated carbocycles. The van der Waals surface area contributed by atoms with E-state index < -0.39 is 17.5 Å². The van der Waals surface area contributed by atoms with Crippen molar-refractivity contribution in [3.63, 3.8) is 0 Å². The molecule has 18 heavy (non-hydrogen) atoms. The van der Waals surface area contributed by atoms with Crippen molar-refractivity contribution < 1.29 is 13.6 Å². The molecule has 0 fully saturated rings. The van der Waals surface area contributed by atoms with Crippen LogP contribution < -0.4 is 5.32 Å². The summed E-state index contributed by atoms with van der Waals surface area (Å²) in [4.78, 5) is 11.7. The Kier molecular flexibility index (Phi) is 3.58. The lowest BCUT2D eigenvalue weighted by atomic mass is 10.2. The smallest absolute Gasteiger partial charge is 0.255 e. The number of halogens is 3. The molecular weight excluding hydrogens is 260 g/mol. The standard InChI is InChI=1S/C13H8ClF2NO/c14-11-6-5-10(7-12(11)16)17-13(18)8-1-3-9(15)4-2-8/h1-7H,(H,17,18). The fourth-order valence-electron chi connectivity index (χ4n) is 1.38. The SMILES string of the molecule is O=C(Nc1ccc(Cl)c(F)c1)c1ccc(F)cc1. The maximum Gasteiger partial charge on any atom is 0.255 e. The average Bonchev–Trinajstić information content (AvgIpc) is 2.34. The van der Waals surface area contributed by atoms with Crippen molar-refractivity contribution in [2.45, 2.75) is 0 Å². The molecule has 1 N–H and O–H groups in total. The summed E-state index contributed by atoms with van der Waals surface area (Å²) in [6, 6.07) is 8.98. The van der Waals surface area contributed by atoms with Gasteiger partial charge < -0.3 is 5.32 Å². The van der Waals surface area contributed by atoms with Crippen LogP contribution in [-0.2, 0) is 0 Å². The molecule has 0 aromatic heterocycles. The first-order valence-electron chi connectivity index (χ1n) is 5.08. The number of rotatable bonds is 2. The summed E-state index contributed by atoms with van der Waals surface area (Å²) in [5, 5.41) is 2.47. The fraction of sp³-hybridized carbons (Fsp3) is 0. The quantitative estimate of drug-likeness (QED) is 0.879. The van der Waals surface area contributed by atoms with Crippen LogP contribution in [0.4, 0.5) is 14.5 Å². The van der Waals surface area contributed by atoms with Crippen molar-refractivity contribution in [1.82, 2.24) is 0 Å². The third-order valence-electron chi connectivity index (χ3n) is 2.28. The first kappa shape index (κ1) is 12.5. The molecule has 5 heteroatoms. The van der Waals surface area contributed by atoms with Crippen LogP contribution >= 0.6 is 11.6 Å². The zero-order chi connectivity index (χ0) is 13.1. The Morgan fingerprint density at radius 3 is 2.33 bits per heavy atom. The minimum absolute atomic E-state index is 0.0187. The number of hydrogen-bond acceptors (Lipinski definition) is 1. The molecule has 2 aromatic carbocycles. The zero-order valence-corrected chi connectivity index (χ0v) is 9.84. The Labute approximate surface area is 107 Å². The Morgan fingerprint density at radius 2 is 1.72 bits per heavy atom. The molecule has 0 saturated heterocycles. The van der Waals surface area contributed by atoms with Crippen LogP contribution in [0.5, 0.6) is 0 Å². The molecule has 0 aliphatic carbocycles. The second kappa shape index (κ2) is 5.14. The second-order valence-electron chi connectivity index (χ2n) is 3.59. The minimum atomic E-state index is -0.617. The van der Waals surface area contributed by atoms with E-state index in [1.807, 2.05) is 0 Å². The van der Waals surface area contributed by atoms with E-state index in [0.29, 0.717) is 0 Å². The lowest BCUT2D eigenvalue weighted by Crippen LogP contribution is -2.11. The molecule has 0 spiro atoms. The van der Waals surface area contributed by atoms with Gasteiger partial charge in [-0.25, -0.2) is 8.78 Å². The molecule has 1 amide bonds. The maximum absolute atomic E-state index is 13.2. The largest absolute Gasteiger partial charge is 0.322 e. The summed E-state index contributed by atoms with van der Waals surface area (Å²) in [6.07, 6.45) is 0. The number of hydrogen-bond donors (Lipinski definition) is 1. The van der Waals surface area contributed by atoms with E-state index in [1.165, 1.54) is 36.4 Å². The molecule has 0 atom stereocenters. The Balaban J connectivity index is 2.16. The number of anilines is 1. The van der Waals surface area contributed by atoms with E-state index in [4.69, 9.17) is 11.6 Å². The summed E-state index contributed by atoms with van der Waals surface area (Å²) in [6.45, 7) is 0. The van der Waals surface area contributed by atoms with Crippen molar-refractivity contribution in [2.75, 3.05) is 5.32 Å². The topological polar surface area (TPSA) is 29.1 Å². The van der Waals surface area contributed by atoms with E-state index in [0.717, 1.165) is 6.07 Å². The highest BCUT2D eigenvalue weighted by molar-refractivity contribution is 6.30. The molecule has 2 rings (SSSR count). The van der Waals surface area contributed by atoms with Crippen LogP contribution in [-0.4, -0.2) is 5.91 Å². The maximum atomic E-state index is 13.2. The first-order chi connectivity index (χ1) is 8.56. The van der Waals surface area contributed by atoms with Gasteiger partial charge in [0.1, 0.15) is 11.6 Å². The highest BCUT2D eigenvalue weighted by Crippen LogP contribution is 2.19. The highest BCUT2D eigenvalue weighted by atomic mass is 35.5. The van der Waals surface area contributed by atoms with E-state index in [1.54, 1.807) is 0 Å². The number of carbonyl (C=O) groups is 1. The molecule has 0 aliphatic heterocycles. The zero-order valence-electron chi connectivity index (χ0n) is 9.08. The Morgan fingerprint density at radius 1 is 1.06 bits per heavy atom. The van der Waals surface area contributed by atoms with Gasteiger partial charge in [-0.15, -0.1) is 0 Å². The van der Waals surface area contributed by atoms with Gasteiger partial charge in [0.05, 0.1) is 5.02 Å². The Hall–Kier alpha value is -1.94. The molecule has 0 aliphatic rings. The average molecular weight is 268 g/mol. The van der Waals surface area contributed by atoms with Crippen LogP contribution in [0.15, 0.2) is 42.5 Å². The summed E-state index contributed by atoms with van der Waals surface area (Å²) in [5.74, 6) is -1.49. The van der Waals surface area contributed by atoms with Crippen molar-refractivity contribution in [3.8, 4) is 0 Å². The third kappa shape index (κ3) is 2.84. The summed E-state index contributed by atoms with van der Waals surface area (Å²) >= 11 is 5.52. The predicted octanol–water partition coefficient (Wildman–Crippen LogP) is 3.87. The highest BCUT2D eigenvalue weighted by Gasteiger charge is 2.07. The molecular formula is C13H8ClF2NO. The summed E-state index contributed by atoms with van der Waals surface area (Å²) in [5.41, 5.74) is 0.568. The van der Waals surface area contributed by atoms with Gasteiger partial charge in [0, 0.05) is 11.3 Å².